The van der Waals surface area contributed by atoms with Gasteiger partial charge in [-0.25, -0.2) is 5.43 Å². The molecule has 2 heterocycles. The molecule has 170 valence electrons. The molecule has 9 nitrogen and oxygen atoms in total. The number of anilines is 4. The summed E-state index contributed by atoms with van der Waals surface area (Å²) in [5.74, 6) is 2.44. The van der Waals surface area contributed by atoms with Crippen molar-refractivity contribution in [3.8, 4) is 5.75 Å². The number of halogens is 2. The summed E-state index contributed by atoms with van der Waals surface area (Å²) >= 11 is 6.16. The van der Waals surface area contributed by atoms with Crippen molar-refractivity contribution >= 4 is 53.8 Å². The van der Waals surface area contributed by atoms with E-state index < -0.39 is 0 Å². The quantitative estimate of drug-likeness (QED) is 0.215. The molecule has 3 N–H and O–H groups in total. The van der Waals surface area contributed by atoms with Crippen LogP contribution in [0.15, 0.2) is 76.4 Å². The highest BCUT2D eigenvalue weighted by Crippen LogP contribution is 2.20. The standard InChI is InChI=1S/C22H20ClN7O2.ClH/c1-31-17-10-8-16(9-11-17)26-21-27-20(24-14-18-6-4-12-32-18)28-22(29-21)30-25-13-15-5-2-3-7-19(15)23;/h2-13H,14H2,1H3,(H3,24,26,27,28,29,30);1H/b25-13+;. The zero-order chi connectivity index (χ0) is 22.2. The Bertz CT molecular complexity index is 1190. The minimum absolute atomic E-state index is 0. The normalized spacial score (nSPS) is 10.5. The topological polar surface area (TPSA) is 109 Å². The molecule has 0 spiro atoms. The van der Waals surface area contributed by atoms with Gasteiger partial charge in [0.1, 0.15) is 11.5 Å². The fraction of sp³-hybridized carbons (Fsp3) is 0.0909. The Morgan fingerprint density at radius 3 is 2.45 bits per heavy atom. The highest BCUT2D eigenvalue weighted by Gasteiger charge is 2.08. The molecule has 0 bridgehead atoms. The fourth-order valence-electron chi connectivity index (χ4n) is 2.68. The number of methoxy groups -OCH3 is 1. The molecular formula is C22H21Cl2N7O2. The van der Waals surface area contributed by atoms with E-state index in [4.69, 9.17) is 20.8 Å². The summed E-state index contributed by atoms with van der Waals surface area (Å²) in [6.45, 7) is 0.418. The number of benzene rings is 2. The van der Waals surface area contributed by atoms with Gasteiger partial charge in [-0.05, 0) is 42.5 Å². The summed E-state index contributed by atoms with van der Waals surface area (Å²) in [7, 11) is 1.62. The van der Waals surface area contributed by atoms with Crippen molar-refractivity contribution in [1.82, 2.24) is 15.0 Å². The van der Waals surface area contributed by atoms with Crippen LogP contribution in [0.4, 0.5) is 23.5 Å². The third-order valence-corrected chi connectivity index (χ3v) is 4.60. The molecule has 33 heavy (non-hydrogen) atoms. The number of hydrogen-bond acceptors (Lipinski definition) is 9. The predicted octanol–water partition coefficient (Wildman–Crippen LogP) is 5.35. The number of rotatable bonds is 9. The van der Waals surface area contributed by atoms with Gasteiger partial charge in [0.15, 0.2) is 0 Å². The van der Waals surface area contributed by atoms with E-state index in [1.165, 1.54) is 0 Å². The number of nitrogens with zero attached hydrogens (tertiary/aromatic N) is 4. The molecule has 4 aromatic rings. The van der Waals surface area contributed by atoms with Crippen molar-refractivity contribution in [2.75, 3.05) is 23.2 Å². The molecule has 0 unspecified atom stereocenters. The van der Waals surface area contributed by atoms with Crippen LogP contribution in [0.25, 0.3) is 0 Å². The van der Waals surface area contributed by atoms with Crippen molar-refractivity contribution in [2.24, 2.45) is 5.10 Å². The number of ether oxygens (including phenoxy) is 1. The minimum Gasteiger partial charge on any atom is -0.497 e. The van der Waals surface area contributed by atoms with Gasteiger partial charge in [-0.2, -0.15) is 20.1 Å². The molecule has 0 amide bonds. The molecule has 2 aromatic carbocycles. The third kappa shape index (κ3) is 6.83. The Kier molecular flexibility index (Phi) is 8.45. The number of nitrogens with one attached hydrogen (secondary N) is 3. The molecule has 0 saturated heterocycles. The number of aromatic nitrogens is 3. The Morgan fingerprint density at radius 1 is 0.970 bits per heavy atom. The van der Waals surface area contributed by atoms with Gasteiger partial charge in [0.2, 0.25) is 17.8 Å². The average molecular weight is 486 g/mol. The summed E-state index contributed by atoms with van der Waals surface area (Å²) in [4.78, 5) is 13.2. The smallest absolute Gasteiger partial charge is 0.250 e. The molecule has 0 fully saturated rings. The maximum Gasteiger partial charge on any atom is 0.250 e. The van der Waals surface area contributed by atoms with E-state index in [2.05, 4.69) is 36.1 Å². The molecule has 2 aromatic heterocycles. The van der Waals surface area contributed by atoms with Crippen LogP contribution in [0.5, 0.6) is 5.75 Å². The summed E-state index contributed by atoms with van der Waals surface area (Å²) in [6, 6.07) is 18.5. The Balaban J connectivity index is 0.00000306. The van der Waals surface area contributed by atoms with Gasteiger partial charge in [0.25, 0.3) is 0 Å². The molecule has 0 radical (unpaired) electrons. The van der Waals surface area contributed by atoms with E-state index in [-0.39, 0.29) is 18.4 Å². The van der Waals surface area contributed by atoms with Crippen molar-refractivity contribution in [1.29, 1.82) is 0 Å². The van der Waals surface area contributed by atoms with Crippen LogP contribution in [0.1, 0.15) is 11.3 Å². The van der Waals surface area contributed by atoms with E-state index in [1.54, 1.807) is 25.7 Å². The second-order valence-corrected chi connectivity index (χ2v) is 6.89. The van der Waals surface area contributed by atoms with Crippen LogP contribution in [0.3, 0.4) is 0 Å². The highest BCUT2D eigenvalue weighted by molar-refractivity contribution is 6.33. The first kappa shape index (κ1) is 23.8. The van der Waals surface area contributed by atoms with Gasteiger partial charge in [0.05, 0.1) is 26.1 Å². The highest BCUT2D eigenvalue weighted by atomic mass is 35.5. The lowest BCUT2D eigenvalue weighted by Crippen LogP contribution is -2.09. The van der Waals surface area contributed by atoms with Crippen LogP contribution in [0.2, 0.25) is 5.02 Å². The second-order valence-electron chi connectivity index (χ2n) is 6.48. The van der Waals surface area contributed by atoms with Crippen LogP contribution in [-0.4, -0.2) is 28.3 Å². The predicted molar refractivity (Wildman–Crippen MR) is 132 cm³/mol. The maximum absolute atomic E-state index is 6.16. The SMILES string of the molecule is COc1ccc(Nc2nc(NCc3ccco3)nc(N/N=C/c3ccccc3Cl)n2)cc1.Cl. The van der Waals surface area contributed by atoms with Crippen molar-refractivity contribution in [3.63, 3.8) is 0 Å². The first-order valence-corrected chi connectivity index (χ1v) is 10.0. The fourth-order valence-corrected chi connectivity index (χ4v) is 2.87. The van der Waals surface area contributed by atoms with Crippen molar-refractivity contribution in [2.45, 2.75) is 6.54 Å². The maximum atomic E-state index is 6.16. The van der Waals surface area contributed by atoms with Crippen LogP contribution in [0, 0.1) is 0 Å². The molecule has 0 saturated carbocycles. The average Bonchev–Trinajstić information content (AvgIpc) is 3.33. The van der Waals surface area contributed by atoms with Crippen LogP contribution < -0.4 is 20.8 Å². The summed E-state index contributed by atoms with van der Waals surface area (Å²) in [5.41, 5.74) is 4.38. The molecule has 0 atom stereocenters. The lowest BCUT2D eigenvalue weighted by atomic mass is 10.2. The van der Waals surface area contributed by atoms with Crippen LogP contribution in [-0.2, 0) is 6.54 Å². The summed E-state index contributed by atoms with van der Waals surface area (Å²) in [5, 5.41) is 11.1. The Hall–Kier alpha value is -3.82. The molecule has 4 rings (SSSR count). The van der Waals surface area contributed by atoms with Crippen molar-refractivity contribution in [3.05, 3.63) is 83.3 Å². The Labute approximate surface area is 201 Å². The van der Waals surface area contributed by atoms with E-state index in [0.717, 1.165) is 22.8 Å². The van der Waals surface area contributed by atoms with Gasteiger partial charge in [-0.15, -0.1) is 12.4 Å². The van der Waals surface area contributed by atoms with E-state index >= 15 is 0 Å². The molecular weight excluding hydrogens is 465 g/mol. The minimum atomic E-state index is 0. The zero-order valence-corrected chi connectivity index (χ0v) is 19.1. The Morgan fingerprint density at radius 2 is 1.73 bits per heavy atom. The lowest BCUT2D eigenvalue weighted by Gasteiger charge is -2.10. The van der Waals surface area contributed by atoms with Crippen molar-refractivity contribution < 1.29 is 9.15 Å². The monoisotopic (exact) mass is 485 g/mol. The second kappa shape index (κ2) is 11.7. The van der Waals surface area contributed by atoms with Crippen LogP contribution >= 0.6 is 24.0 Å². The number of furan rings is 1. The van der Waals surface area contributed by atoms with E-state index in [1.807, 2.05) is 54.6 Å². The van der Waals surface area contributed by atoms with Gasteiger partial charge in [-0.3, -0.25) is 0 Å². The van der Waals surface area contributed by atoms with Gasteiger partial charge >= 0.3 is 0 Å². The molecule has 0 aliphatic heterocycles. The van der Waals surface area contributed by atoms with E-state index in [9.17, 15) is 0 Å². The molecule has 11 heteroatoms. The number of hydrazone groups is 1. The largest absolute Gasteiger partial charge is 0.497 e. The molecule has 0 aliphatic carbocycles. The molecule has 0 aliphatic rings. The van der Waals surface area contributed by atoms with Gasteiger partial charge in [-0.1, -0.05) is 29.8 Å². The van der Waals surface area contributed by atoms with Gasteiger partial charge in [0, 0.05) is 16.3 Å². The first-order chi connectivity index (χ1) is 15.7. The number of hydrogen-bond donors (Lipinski definition) is 3. The van der Waals surface area contributed by atoms with Gasteiger partial charge < -0.3 is 19.8 Å². The third-order valence-electron chi connectivity index (χ3n) is 4.26. The van der Waals surface area contributed by atoms with E-state index in [0.29, 0.717) is 23.5 Å². The lowest BCUT2D eigenvalue weighted by molar-refractivity contribution is 0.415. The summed E-state index contributed by atoms with van der Waals surface area (Å²) in [6.07, 6.45) is 3.20. The summed E-state index contributed by atoms with van der Waals surface area (Å²) < 4.78 is 10.5. The first-order valence-electron chi connectivity index (χ1n) is 9.66. The zero-order valence-electron chi connectivity index (χ0n) is 17.5.